The first-order valence-electron chi connectivity index (χ1n) is 3.90. The fraction of sp³-hybridized carbons (Fsp3) is 0.750. The van der Waals surface area contributed by atoms with Crippen molar-refractivity contribution >= 4 is 0 Å². The predicted octanol–water partition coefficient (Wildman–Crippen LogP) is 0.814. The molecule has 0 atom stereocenters. The Labute approximate surface area is 62.9 Å². The van der Waals surface area contributed by atoms with Crippen molar-refractivity contribution in [3.05, 3.63) is 12.8 Å². The highest BCUT2D eigenvalue weighted by Crippen LogP contribution is 2.08. The summed E-state index contributed by atoms with van der Waals surface area (Å²) in [6.07, 6.45) is 4.44. The predicted molar refractivity (Wildman–Crippen MR) is 43.9 cm³/mol. The number of nitrogens with zero attached hydrogens (tertiary/aromatic N) is 1. The van der Waals surface area contributed by atoms with E-state index in [2.05, 4.69) is 16.8 Å². The Morgan fingerprint density at radius 3 is 2.50 bits per heavy atom. The van der Waals surface area contributed by atoms with Gasteiger partial charge >= 0.3 is 0 Å². The highest BCUT2D eigenvalue weighted by atomic mass is 15.1. The molecule has 0 unspecified atom stereocenters. The summed E-state index contributed by atoms with van der Waals surface area (Å²) in [5.74, 6) is 0. The van der Waals surface area contributed by atoms with E-state index >= 15 is 0 Å². The molecule has 0 bridgehead atoms. The molecular weight excluding hydrogens is 124 g/mol. The minimum atomic E-state index is 0.733. The summed E-state index contributed by atoms with van der Waals surface area (Å²) >= 11 is 0. The topological polar surface area (TPSA) is 15.3 Å². The fourth-order valence-corrected chi connectivity index (χ4v) is 1.37. The SMILES string of the molecule is C=CN1CCC(NC)CC1. The molecule has 1 aliphatic rings. The Morgan fingerprint density at radius 2 is 2.10 bits per heavy atom. The second-order valence-corrected chi connectivity index (χ2v) is 2.78. The third-order valence-electron chi connectivity index (χ3n) is 2.20. The fourth-order valence-electron chi connectivity index (χ4n) is 1.37. The lowest BCUT2D eigenvalue weighted by atomic mass is 10.1. The maximum Gasteiger partial charge on any atom is 0.0187 e. The third-order valence-corrected chi connectivity index (χ3v) is 2.20. The van der Waals surface area contributed by atoms with Gasteiger partial charge in [0.15, 0.2) is 0 Å². The summed E-state index contributed by atoms with van der Waals surface area (Å²) in [6, 6.07) is 0.733. The van der Waals surface area contributed by atoms with Crippen LogP contribution in [-0.2, 0) is 0 Å². The molecule has 0 aliphatic carbocycles. The van der Waals surface area contributed by atoms with E-state index in [0.717, 1.165) is 19.1 Å². The molecule has 0 aromatic carbocycles. The second kappa shape index (κ2) is 3.62. The first-order chi connectivity index (χ1) is 4.86. The summed E-state index contributed by atoms with van der Waals surface area (Å²) in [5.41, 5.74) is 0. The van der Waals surface area contributed by atoms with Crippen LogP contribution >= 0.6 is 0 Å². The Bertz CT molecular complexity index is 104. The third kappa shape index (κ3) is 1.74. The first kappa shape index (κ1) is 7.61. The van der Waals surface area contributed by atoms with Crippen LogP contribution in [0, 0.1) is 0 Å². The lowest BCUT2D eigenvalue weighted by Gasteiger charge is -2.30. The smallest absolute Gasteiger partial charge is 0.0187 e. The van der Waals surface area contributed by atoms with Gasteiger partial charge in [-0.05, 0) is 26.1 Å². The lowest BCUT2D eigenvalue weighted by molar-refractivity contribution is 0.267. The summed E-state index contributed by atoms with van der Waals surface area (Å²) in [6.45, 7) is 6.06. The van der Waals surface area contributed by atoms with E-state index in [1.54, 1.807) is 0 Å². The van der Waals surface area contributed by atoms with Crippen LogP contribution in [0.2, 0.25) is 0 Å². The molecule has 10 heavy (non-hydrogen) atoms. The number of hydrogen-bond acceptors (Lipinski definition) is 2. The molecule has 2 nitrogen and oxygen atoms in total. The van der Waals surface area contributed by atoms with Crippen LogP contribution in [-0.4, -0.2) is 31.1 Å². The van der Waals surface area contributed by atoms with E-state index < -0.39 is 0 Å². The normalized spacial score (nSPS) is 21.1. The van der Waals surface area contributed by atoms with Crippen LogP contribution in [0.3, 0.4) is 0 Å². The summed E-state index contributed by atoms with van der Waals surface area (Å²) < 4.78 is 0. The molecule has 1 N–H and O–H groups in total. The standard InChI is InChI=1S/C8H16N2/c1-3-10-6-4-8(9-2)5-7-10/h3,8-9H,1,4-7H2,2H3. The van der Waals surface area contributed by atoms with Gasteiger partial charge in [0.2, 0.25) is 0 Å². The molecule has 0 saturated carbocycles. The Hall–Kier alpha value is -0.500. The van der Waals surface area contributed by atoms with E-state index in [1.807, 2.05) is 13.2 Å². The monoisotopic (exact) mass is 140 g/mol. The maximum atomic E-state index is 3.74. The molecule has 58 valence electrons. The van der Waals surface area contributed by atoms with Crippen molar-refractivity contribution in [2.24, 2.45) is 0 Å². The molecule has 0 spiro atoms. The van der Waals surface area contributed by atoms with Gasteiger partial charge in [-0.25, -0.2) is 0 Å². The number of nitrogens with one attached hydrogen (secondary N) is 1. The van der Waals surface area contributed by atoms with Crippen molar-refractivity contribution < 1.29 is 0 Å². The molecular formula is C8H16N2. The van der Waals surface area contributed by atoms with E-state index in [4.69, 9.17) is 0 Å². The number of piperidine rings is 1. The molecule has 1 fully saturated rings. The summed E-state index contributed by atoms with van der Waals surface area (Å²) in [5, 5.41) is 3.29. The van der Waals surface area contributed by atoms with Gasteiger partial charge in [0.1, 0.15) is 0 Å². The Balaban J connectivity index is 2.23. The Morgan fingerprint density at radius 1 is 1.50 bits per heavy atom. The van der Waals surface area contributed by atoms with Crippen molar-refractivity contribution in [1.82, 2.24) is 10.2 Å². The number of likely N-dealkylation sites (tertiary alicyclic amines) is 1. The van der Waals surface area contributed by atoms with Gasteiger partial charge in [-0.15, -0.1) is 0 Å². The maximum absolute atomic E-state index is 3.74. The van der Waals surface area contributed by atoms with Crippen LogP contribution in [0.1, 0.15) is 12.8 Å². The van der Waals surface area contributed by atoms with Crippen molar-refractivity contribution in [3.63, 3.8) is 0 Å². The van der Waals surface area contributed by atoms with Crippen molar-refractivity contribution in [2.75, 3.05) is 20.1 Å². The first-order valence-corrected chi connectivity index (χ1v) is 3.90. The van der Waals surface area contributed by atoms with Crippen molar-refractivity contribution in [1.29, 1.82) is 0 Å². The van der Waals surface area contributed by atoms with Gasteiger partial charge in [-0.2, -0.15) is 0 Å². The van der Waals surface area contributed by atoms with E-state index in [-0.39, 0.29) is 0 Å². The molecule has 1 heterocycles. The zero-order valence-corrected chi connectivity index (χ0v) is 6.64. The molecule has 2 heteroatoms. The van der Waals surface area contributed by atoms with Crippen LogP contribution in [0.25, 0.3) is 0 Å². The van der Waals surface area contributed by atoms with Crippen LogP contribution in [0.15, 0.2) is 12.8 Å². The Kier molecular flexibility index (Phi) is 2.75. The number of hydrogen-bond donors (Lipinski definition) is 1. The van der Waals surface area contributed by atoms with Crippen LogP contribution in [0.5, 0.6) is 0 Å². The molecule has 1 aliphatic heterocycles. The van der Waals surface area contributed by atoms with Crippen molar-refractivity contribution in [2.45, 2.75) is 18.9 Å². The van der Waals surface area contributed by atoms with Gasteiger partial charge in [0.05, 0.1) is 0 Å². The van der Waals surface area contributed by atoms with Crippen LogP contribution in [0.4, 0.5) is 0 Å². The summed E-state index contributed by atoms with van der Waals surface area (Å²) in [4.78, 5) is 2.27. The molecule has 0 aromatic heterocycles. The van der Waals surface area contributed by atoms with Gasteiger partial charge < -0.3 is 10.2 Å². The van der Waals surface area contributed by atoms with Crippen molar-refractivity contribution in [3.8, 4) is 0 Å². The van der Waals surface area contributed by atoms with E-state index in [9.17, 15) is 0 Å². The molecule has 0 amide bonds. The second-order valence-electron chi connectivity index (χ2n) is 2.78. The minimum absolute atomic E-state index is 0.733. The highest BCUT2D eigenvalue weighted by molar-refractivity contribution is 4.80. The van der Waals surface area contributed by atoms with Gasteiger partial charge in [0, 0.05) is 19.1 Å². The zero-order valence-electron chi connectivity index (χ0n) is 6.64. The molecule has 1 rings (SSSR count). The molecule has 0 aromatic rings. The molecule has 1 saturated heterocycles. The largest absolute Gasteiger partial charge is 0.378 e. The molecule has 0 radical (unpaired) electrons. The van der Waals surface area contributed by atoms with Gasteiger partial charge in [-0.1, -0.05) is 6.58 Å². The lowest BCUT2D eigenvalue weighted by Crippen LogP contribution is -2.38. The van der Waals surface area contributed by atoms with E-state index in [1.165, 1.54) is 12.8 Å². The average molecular weight is 140 g/mol. The number of rotatable bonds is 2. The zero-order chi connectivity index (χ0) is 7.40. The van der Waals surface area contributed by atoms with Gasteiger partial charge in [0.25, 0.3) is 0 Å². The van der Waals surface area contributed by atoms with Gasteiger partial charge in [-0.3, -0.25) is 0 Å². The summed E-state index contributed by atoms with van der Waals surface area (Å²) in [7, 11) is 2.04. The highest BCUT2D eigenvalue weighted by Gasteiger charge is 2.13. The minimum Gasteiger partial charge on any atom is -0.378 e. The average Bonchev–Trinajstić information content (AvgIpc) is 2.05. The van der Waals surface area contributed by atoms with Crippen LogP contribution < -0.4 is 5.32 Å². The quantitative estimate of drug-likeness (QED) is 0.610. The van der Waals surface area contributed by atoms with E-state index in [0.29, 0.717) is 0 Å².